The molecule has 4 aromatic rings. The molecular formula is C34H31F5O7S2. The molecule has 4 aromatic carbocycles. The lowest BCUT2D eigenvalue weighted by atomic mass is 9.94. The molecule has 0 aromatic heterocycles. The summed E-state index contributed by atoms with van der Waals surface area (Å²) in [6.45, 7) is 1.53. The second kappa shape index (κ2) is 15.7. The third-order valence-electron chi connectivity index (χ3n) is 7.55. The summed E-state index contributed by atoms with van der Waals surface area (Å²) < 4.78 is 115. The molecule has 2 aliphatic rings. The Balaban J connectivity index is 0.000000253. The molecule has 2 aliphatic heterocycles. The summed E-state index contributed by atoms with van der Waals surface area (Å²) in [5.41, 5.74) is 4.31. The molecule has 2 unspecified atom stereocenters. The molecule has 6 rings (SSSR count). The van der Waals surface area contributed by atoms with Gasteiger partial charge in [0.15, 0.2) is 40.7 Å². The molecule has 14 heteroatoms. The highest BCUT2D eigenvalue weighted by Gasteiger charge is 2.32. The molecule has 256 valence electrons. The van der Waals surface area contributed by atoms with E-state index in [0.29, 0.717) is 0 Å². The number of hydrogen-bond acceptors (Lipinski definition) is 7. The number of benzene rings is 4. The number of hydrogen-bond donors (Lipinski definition) is 2. The first-order valence-electron chi connectivity index (χ1n) is 15.0. The van der Waals surface area contributed by atoms with Crippen molar-refractivity contribution in [2.24, 2.45) is 0 Å². The van der Waals surface area contributed by atoms with Crippen molar-refractivity contribution in [3.05, 3.63) is 95.8 Å². The molecule has 0 saturated carbocycles. The fraction of sp³-hybridized carbons (Fsp3) is 0.294. The Bertz CT molecular complexity index is 1830. The standard InChI is InChI=1S/C28H30O4S.C6HF5O3S/c33-25-13-7-12-24(20-8-5-10-22(18-20)31-26-14-1-3-16-29-26)28(25)21-9-6-11-23(19-21)32-27-15-2-4-17-30-27;7-1-2(8)4(10)6(15(12,13)14)5(11)3(1)9/h5-13,18-19,26-27,33H,1-4,14-17H2;(H,12,13,14). The van der Waals surface area contributed by atoms with Crippen LogP contribution in [0, 0.1) is 29.1 Å². The molecule has 0 aliphatic carbocycles. The summed E-state index contributed by atoms with van der Waals surface area (Å²) in [7, 11) is -5.52. The van der Waals surface area contributed by atoms with Gasteiger partial charge in [-0.2, -0.15) is 8.42 Å². The van der Waals surface area contributed by atoms with Crippen molar-refractivity contribution in [3.63, 3.8) is 0 Å². The van der Waals surface area contributed by atoms with Crippen LogP contribution in [-0.2, 0) is 19.6 Å². The molecule has 48 heavy (non-hydrogen) atoms. The van der Waals surface area contributed by atoms with Gasteiger partial charge in [0, 0.05) is 23.3 Å². The Kier molecular flexibility index (Phi) is 11.6. The van der Waals surface area contributed by atoms with Gasteiger partial charge < -0.3 is 18.9 Å². The monoisotopic (exact) mass is 710 g/mol. The van der Waals surface area contributed by atoms with Crippen molar-refractivity contribution in [1.29, 1.82) is 0 Å². The van der Waals surface area contributed by atoms with E-state index in [0.717, 1.165) is 90.4 Å². The number of halogens is 5. The largest absolute Gasteiger partial charge is 0.465 e. The highest BCUT2D eigenvalue weighted by Crippen LogP contribution is 2.39. The van der Waals surface area contributed by atoms with E-state index in [2.05, 4.69) is 30.3 Å². The van der Waals surface area contributed by atoms with Gasteiger partial charge in [-0.05, 0) is 72.7 Å². The van der Waals surface area contributed by atoms with Gasteiger partial charge in [-0.15, -0.1) is 12.6 Å². The lowest BCUT2D eigenvalue weighted by Crippen LogP contribution is -2.24. The Morgan fingerprint density at radius 2 is 1.15 bits per heavy atom. The molecule has 2 heterocycles. The smallest absolute Gasteiger partial charge is 0.300 e. The van der Waals surface area contributed by atoms with E-state index >= 15 is 0 Å². The van der Waals surface area contributed by atoms with Crippen molar-refractivity contribution in [1.82, 2.24) is 0 Å². The van der Waals surface area contributed by atoms with Crippen LogP contribution in [0.15, 0.2) is 76.5 Å². The summed E-state index contributed by atoms with van der Waals surface area (Å²) in [5.74, 6) is -11.0. The van der Waals surface area contributed by atoms with Crippen LogP contribution >= 0.6 is 12.6 Å². The van der Waals surface area contributed by atoms with E-state index in [4.69, 9.17) is 36.1 Å². The molecule has 0 amide bonds. The quantitative estimate of drug-likeness (QED) is 0.0652. The van der Waals surface area contributed by atoms with Gasteiger partial charge in [-0.3, -0.25) is 4.55 Å². The zero-order chi connectivity index (χ0) is 34.4. The summed E-state index contributed by atoms with van der Waals surface area (Å²) in [5, 5.41) is 0. The van der Waals surface area contributed by atoms with E-state index in [1.54, 1.807) is 0 Å². The SMILES string of the molecule is O=S(=O)(O)c1c(F)c(F)c(F)c(F)c1F.Sc1cccc(-c2cccc(OC3CCCCO3)c2)c1-c1cccc(OC2CCCCO2)c1. The van der Waals surface area contributed by atoms with Gasteiger partial charge in [0.1, 0.15) is 11.5 Å². The van der Waals surface area contributed by atoms with Crippen LogP contribution in [-0.4, -0.2) is 38.8 Å². The molecule has 2 fully saturated rings. The van der Waals surface area contributed by atoms with Crippen LogP contribution in [0.1, 0.15) is 38.5 Å². The molecule has 0 bridgehead atoms. The summed E-state index contributed by atoms with van der Waals surface area (Å²) in [6.07, 6.45) is 6.00. The number of thiol groups is 1. The maximum absolute atomic E-state index is 12.6. The van der Waals surface area contributed by atoms with Crippen molar-refractivity contribution in [2.45, 2.75) is 60.9 Å². The van der Waals surface area contributed by atoms with E-state index < -0.39 is 44.1 Å². The van der Waals surface area contributed by atoms with Gasteiger partial charge in [0.05, 0.1) is 13.2 Å². The fourth-order valence-electron chi connectivity index (χ4n) is 5.27. The first-order chi connectivity index (χ1) is 22.9. The average Bonchev–Trinajstić information content (AvgIpc) is 3.07. The summed E-state index contributed by atoms with van der Waals surface area (Å²) >= 11 is 4.81. The molecule has 7 nitrogen and oxygen atoms in total. The third-order valence-corrected chi connectivity index (χ3v) is 8.80. The maximum Gasteiger partial charge on any atom is 0.300 e. The van der Waals surface area contributed by atoms with E-state index in [1.165, 1.54) is 0 Å². The first kappa shape index (κ1) is 35.6. The lowest BCUT2D eigenvalue weighted by molar-refractivity contribution is -0.106. The van der Waals surface area contributed by atoms with Crippen LogP contribution in [0.5, 0.6) is 11.5 Å². The fourth-order valence-corrected chi connectivity index (χ4v) is 6.24. The predicted octanol–water partition coefficient (Wildman–Crippen LogP) is 8.75. The molecular weight excluding hydrogens is 679 g/mol. The normalized spacial score (nSPS) is 18.1. The minimum absolute atomic E-state index is 0.166. The van der Waals surface area contributed by atoms with Crippen molar-refractivity contribution >= 4 is 22.7 Å². The van der Waals surface area contributed by atoms with Crippen LogP contribution < -0.4 is 9.47 Å². The van der Waals surface area contributed by atoms with E-state index in [9.17, 15) is 30.4 Å². The highest BCUT2D eigenvalue weighted by atomic mass is 32.2. The molecule has 0 spiro atoms. The second-order valence-electron chi connectivity index (χ2n) is 11.0. The van der Waals surface area contributed by atoms with Gasteiger partial charge >= 0.3 is 10.1 Å². The van der Waals surface area contributed by atoms with E-state index in [1.807, 2.05) is 36.4 Å². The molecule has 1 N–H and O–H groups in total. The Morgan fingerprint density at radius 1 is 0.667 bits per heavy atom. The highest BCUT2D eigenvalue weighted by molar-refractivity contribution is 7.85. The Morgan fingerprint density at radius 3 is 1.65 bits per heavy atom. The lowest BCUT2D eigenvalue weighted by Gasteiger charge is -2.24. The Labute approximate surface area is 279 Å². The van der Waals surface area contributed by atoms with Crippen molar-refractivity contribution in [2.75, 3.05) is 13.2 Å². The van der Waals surface area contributed by atoms with Crippen LogP contribution in [0.25, 0.3) is 22.3 Å². The summed E-state index contributed by atoms with van der Waals surface area (Å²) in [4.78, 5) is -1.35. The van der Waals surface area contributed by atoms with Crippen molar-refractivity contribution in [3.8, 4) is 33.8 Å². The molecule has 2 saturated heterocycles. The minimum atomic E-state index is -5.52. The van der Waals surface area contributed by atoms with Gasteiger partial charge in [0.2, 0.25) is 5.82 Å². The van der Waals surface area contributed by atoms with Crippen LogP contribution in [0.4, 0.5) is 22.0 Å². The Hall–Kier alpha value is -3.69. The maximum atomic E-state index is 12.6. The van der Waals surface area contributed by atoms with Gasteiger partial charge in [-0.25, -0.2) is 22.0 Å². The zero-order valence-electron chi connectivity index (χ0n) is 25.3. The van der Waals surface area contributed by atoms with Crippen LogP contribution in [0.3, 0.4) is 0 Å². The molecule has 2 atom stereocenters. The topological polar surface area (TPSA) is 91.3 Å². The second-order valence-corrected chi connectivity index (χ2v) is 12.8. The van der Waals surface area contributed by atoms with E-state index in [-0.39, 0.29) is 12.6 Å². The number of ether oxygens (including phenoxy) is 4. The minimum Gasteiger partial charge on any atom is -0.465 e. The third kappa shape index (κ3) is 8.47. The molecule has 0 radical (unpaired) electrons. The summed E-state index contributed by atoms with van der Waals surface area (Å²) in [6, 6.07) is 22.6. The van der Waals surface area contributed by atoms with Gasteiger partial charge in [0.25, 0.3) is 0 Å². The zero-order valence-corrected chi connectivity index (χ0v) is 27.0. The van der Waals surface area contributed by atoms with Crippen molar-refractivity contribution < 1.29 is 53.9 Å². The average molecular weight is 711 g/mol. The van der Waals surface area contributed by atoms with Crippen LogP contribution in [0.2, 0.25) is 0 Å². The first-order valence-corrected chi connectivity index (χ1v) is 16.9. The van der Waals surface area contributed by atoms with Gasteiger partial charge in [-0.1, -0.05) is 36.4 Å². The number of rotatable bonds is 7. The predicted molar refractivity (Wildman–Crippen MR) is 169 cm³/mol.